The summed E-state index contributed by atoms with van der Waals surface area (Å²) in [6.07, 6.45) is 8.54. The molecule has 5 heteroatoms. The van der Waals surface area contributed by atoms with Crippen LogP contribution in [0.5, 0.6) is 0 Å². The number of aromatic amines is 1. The minimum absolute atomic E-state index is 0.307. The number of ether oxygens (including phenoxy) is 1. The van der Waals surface area contributed by atoms with Gasteiger partial charge in [0.2, 0.25) is 0 Å². The lowest BCUT2D eigenvalue weighted by atomic mass is 9.76. The Morgan fingerprint density at radius 3 is 2.88 bits per heavy atom. The molecule has 2 aromatic rings. The van der Waals surface area contributed by atoms with Crippen LogP contribution in [0.3, 0.4) is 0 Å². The Balaban J connectivity index is 1.31. The van der Waals surface area contributed by atoms with E-state index in [1.807, 2.05) is 24.5 Å². The van der Waals surface area contributed by atoms with Gasteiger partial charge >= 0.3 is 0 Å². The van der Waals surface area contributed by atoms with Crippen LogP contribution in [0.4, 0.5) is 0 Å². The minimum Gasteiger partial charge on any atom is -0.377 e. The van der Waals surface area contributed by atoms with Gasteiger partial charge in [0.25, 0.3) is 0 Å². The third-order valence-electron chi connectivity index (χ3n) is 5.54. The molecule has 0 aliphatic carbocycles. The molecule has 24 heavy (non-hydrogen) atoms. The Hall–Kier alpha value is -1.36. The van der Waals surface area contributed by atoms with Gasteiger partial charge in [0.1, 0.15) is 5.82 Å². The van der Waals surface area contributed by atoms with Crippen molar-refractivity contribution >= 4 is 11.6 Å². The standard InChI is InChI=1S/C19H24ClN3O/c20-17-4-2-1-3-15(17)11-16-12-19(14-24-16)5-9-23(10-6-19)13-18-21-7-8-22-18/h1-4,7-8,16H,5-6,9-14H2,(H,21,22)/t16-/m0/s1. The van der Waals surface area contributed by atoms with Crippen LogP contribution in [-0.4, -0.2) is 40.7 Å². The first kappa shape index (κ1) is 16.1. The van der Waals surface area contributed by atoms with Crippen molar-refractivity contribution < 1.29 is 4.74 Å². The summed E-state index contributed by atoms with van der Waals surface area (Å²) in [5.74, 6) is 1.06. The van der Waals surface area contributed by atoms with E-state index in [9.17, 15) is 0 Å². The van der Waals surface area contributed by atoms with Gasteiger partial charge in [-0.05, 0) is 49.4 Å². The highest BCUT2D eigenvalue weighted by molar-refractivity contribution is 6.31. The summed E-state index contributed by atoms with van der Waals surface area (Å²) >= 11 is 6.30. The van der Waals surface area contributed by atoms with Crippen LogP contribution in [0.25, 0.3) is 0 Å². The number of likely N-dealkylation sites (tertiary alicyclic amines) is 1. The maximum absolute atomic E-state index is 6.30. The molecule has 1 aromatic heterocycles. The number of nitrogens with one attached hydrogen (secondary N) is 1. The predicted octanol–water partition coefficient (Wildman–Crippen LogP) is 3.68. The number of imidazole rings is 1. The zero-order chi connectivity index (χ0) is 16.4. The third kappa shape index (κ3) is 3.51. The second kappa shape index (κ2) is 6.87. The lowest BCUT2D eigenvalue weighted by Crippen LogP contribution is -2.40. The van der Waals surface area contributed by atoms with Gasteiger partial charge in [-0.3, -0.25) is 4.90 Å². The van der Waals surface area contributed by atoms with Crippen LogP contribution in [-0.2, 0) is 17.7 Å². The van der Waals surface area contributed by atoms with E-state index in [1.165, 1.54) is 18.4 Å². The summed E-state index contributed by atoms with van der Waals surface area (Å²) in [5.41, 5.74) is 1.57. The van der Waals surface area contributed by atoms with Crippen molar-refractivity contribution in [2.45, 2.75) is 38.3 Å². The predicted molar refractivity (Wildman–Crippen MR) is 95.0 cm³/mol. The number of nitrogens with zero attached hydrogens (tertiary/aromatic N) is 2. The van der Waals surface area contributed by atoms with E-state index in [0.717, 1.165) is 49.9 Å². The highest BCUT2D eigenvalue weighted by Gasteiger charge is 2.42. The van der Waals surface area contributed by atoms with Crippen LogP contribution in [0.1, 0.15) is 30.7 Å². The van der Waals surface area contributed by atoms with Crippen molar-refractivity contribution in [1.29, 1.82) is 0 Å². The summed E-state index contributed by atoms with van der Waals surface area (Å²) in [6, 6.07) is 8.12. The zero-order valence-electron chi connectivity index (χ0n) is 13.9. The van der Waals surface area contributed by atoms with Crippen molar-refractivity contribution in [3.05, 3.63) is 53.1 Å². The summed E-state index contributed by atoms with van der Waals surface area (Å²) < 4.78 is 6.15. The van der Waals surface area contributed by atoms with E-state index < -0.39 is 0 Å². The Bertz CT molecular complexity index is 665. The second-order valence-corrected chi connectivity index (χ2v) is 7.65. The normalized spacial score (nSPS) is 23.8. The van der Waals surface area contributed by atoms with Crippen LogP contribution < -0.4 is 0 Å². The Labute approximate surface area is 148 Å². The molecule has 4 rings (SSSR count). The molecule has 3 heterocycles. The molecule has 1 N–H and O–H groups in total. The van der Waals surface area contributed by atoms with E-state index in [2.05, 4.69) is 27.0 Å². The fourth-order valence-electron chi connectivity index (χ4n) is 4.07. The quantitative estimate of drug-likeness (QED) is 0.919. The molecule has 2 fully saturated rings. The smallest absolute Gasteiger partial charge is 0.120 e. The molecule has 0 radical (unpaired) electrons. The molecule has 0 amide bonds. The average molecular weight is 346 g/mol. The minimum atomic E-state index is 0.307. The maximum atomic E-state index is 6.30. The molecule has 0 unspecified atom stereocenters. The number of hydrogen-bond donors (Lipinski definition) is 1. The van der Waals surface area contributed by atoms with E-state index in [0.29, 0.717) is 11.5 Å². The first-order valence-corrected chi connectivity index (χ1v) is 9.16. The van der Waals surface area contributed by atoms with Gasteiger partial charge < -0.3 is 9.72 Å². The number of H-pyrrole nitrogens is 1. The number of piperidine rings is 1. The lowest BCUT2D eigenvalue weighted by Gasteiger charge is -2.38. The summed E-state index contributed by atoms with van der Waals surface area (Å²) in [5, 5.41) is 0.857. The number of aromatic nitrogens is 2. The molecule has 0 saturated carbocycles. The highest BCUT2D eigenvalue weighted by atomic mass is 35.5. The molecule has 1 aromatic carbocycles. The van der Waals surface area contributed by atoms with Gasteiger partial charge in [0, 0.05) is 23.8 Å². The number of hydrogen-bond acceptors (Lipinski definition) is 3. The van der Waals surface area contributed by atoms with Crippen LogP contribution in [0.15, 0.2) is 36.7 Å². The maximum Gasteiger partial charge on any atom is 0.120 e. The van der Waals surface area contributed by atoms with Crippen LogP contribution in [0.2, 0.25) is 5.02 Å². The average Bonchev–Trinajstić information content (AvgIpc) is 3.23. The number of benzene rings is 1. The van der Waals surface area contributed by atoms with Crippen LogP contribution >= 0.6 is 11.6 Å². The molecular weight excluding hydrogens is 322 g/mol. The topological polar surface area (TPSA) is 41.2 Å². The number of rotatable bonds is 4. The van der Waals surface area contributed by atoms with Gasteiger partial charge in [0.05, 0.1) is 19.3 Å². The van der Waals surface area contributed by atoms with Crippen molar-refractivity contribution in [1.82, 2.24) is 14.9 Å². The van der Waals surface area contributed by atoms with Crippen LogP contribution in [0, 0.1) is 5.41 Å². The van der Waals surface area contributed by atoms with Crippen molar-refractivity contribution in [3.63, 3.8) is 0 Å². The van der Waals surface area contributed by atoms with E-state index >= 15 is 0 Å². The van der Waals surface area contributed by atoms with Gasteiger partial charge in [0.15, 0.2) is 0 Å². The van der Waals surface area contributed by atoms with E-state index in [1.54, 1.807) is 0 Å². The lowest BCUT2D eigenvalue weighted by molar-refractivity contribution is 0.0625. The molecule has 0 bridgehead atoms. The largest absolute Gasteiger partial charge is 0.377 e. The van der Waals surface area contributed by atoms with Crippen molar-refractivity contribution in [2.24, 2.45) is 5.41 Å². The second-order valence-electron chi connectivity index (χ2n) is 7.24. The first-order valence-electron chi connectivity index (χ1n) is 8.78. The summed E-state index contributed by atoms with van der Waals surface area (Å²) in [4.78, 5) is 10.0. The fraction of sp³-hybridized carbons (Fsp3) is 0.526. The summed E-state index contributed by atoms with van der Waals surface area (Å²) in [6.45, 7) is 4.08. The van der Waals surface area contributed by atoms with Gasteiger partial charge in [-0.1, -0.05) is 29.8 Å². The fourth-order valence-corrected chi connectivity index (χ4v) is 4.28. The SMILES string of the molecule is Clc1ccccc1C[C@H]1CC2(CCN(Cc3ncc[nH]3)CC2)CO1. The molecule has 2 aliphatic rings. The molecular formula is C19H24ClN3O. The molecule has 2 aliphatic heterocycles. The third-order valence-corrected chi connectivity index (χ3v) is 5.91. The van der Waals surface area contributed by atoms with Crippen molar-refractivity contribution in [2.75, 3.05) is 19.7 Å². The molecule has 1 spiro atoms. The van der Waals surface area contributed by atoms with E-state index in [4.69, 9.17) is 16.3 Å². The van der Waals surface area contributed by atoms with E-state index in [-0.39, 0.29) is 0 Å². The van der Waals surface area contributed by atoms with Gasteiger partial charge in [-0.2, -0.15) is 0 Å². The zero-order valence-corrected chi connectivity index (χ0v) is 14.6. The monoisotopic (exact) mass is 345 g/mol. The molecule has 1 atom stereocenters. The van der Waals surface area contributed by atoms with Gasteiger partial charge in [-0.15, -0.1) is 0 Å². The van der Waals surface area contributed by atoms with Gasteiger partial charge in [-0.25, -0.2) is 4.98 Å². The molecule has 4 nitrogen and oxygen atoms in total. The Kier molecular flexibility index (Phi) is 4.61. The highest BCUT2D eigenvalue weighted by Crippen LogP contribution is 2.43. The Morgan fingerprint density at radius 2 is 2.12 bits per heavy atom. The molecule has 2 saturated heterocycles. The first-order chi connectivity index (χ1) is 11.7. The summed E-state index contributed by atoms with van der Waals surface area (Å²) in [7, 11) is 0. The number of halogens is 1. The Morgan fingerprint density at radius 1 is 1.29 bits per heavy atom. The molecule has 128 valence electrons. The van der Waals surface area contributed by atoms with Crippen molar-refractivity contribution in [3.8, 4) is 0 Å².